The number of hydrogen-bond donors (Lipinski definition) is 0. The van der Waals surface area contributed by atoms with Gasteiger partial charge in [0, 0.05) is 0 Å². The van der Waals surface area contributed by atoms with Gasteiger partial charge in [0.15, 0.2) is 0 Å². The Balaban J connectivity index is 3.18. The highest BCUT2D eigenvalue weighted by atomic mass is 79.9. The van der Waals surface area contributed by atoms with Crippen LogP contribution in [0.3, 0.4) is 0 Å². The number of halogens is 1. The van der Waals surface area contributed by atoms with E-state index in [4.69, 9.17) is 4.74 Å². The summed E-state index contributed by atoms with van der Waals surface area (Å²) in [5.74, 6) is 2.05. The lowest BCUT2D eigenvalue weighted by Crippen LogP contribution is -2.03. The average Bonchev–Trinajstić information content (AvgIpc) is 2.26. The summed E-state index contributed by atoms with van der Waals surface area (Å²) in [7, 11) is 0. The Hall–Kier alpha value is -0.500. The van der Waals surface area contributed by atoms with Crippen LogP contribution in [0.15, 0.2) is 16.6 Å². The molecule has 96 valence electrons. The molecule has 0 spiro atoms. The highest BCUT2D eigenvalue weighted by Gasteiger charge is 2.14. The third-order valence-electron chi connectivity index (χ3n) is 2.83. The molecule has 0 radical (unpaired) electrons. The van der Waals surface area contributed by atoms with Crippen molar-refractivity contribution in [3.05, 3.63) is 27.7 Å². The molecule has 0 aliphatic carbocycles. The number of ether oxygens (including phenoxy) is 1. The monoisotopic (exact) mass is 298 g/mol. The van der Waals surface area contributed by atoms with E-state index in [1.165, 1.54) is 11.1 Å². The van der Waals surface area contributed by atoms with E-state index in [-0.39, 0.29) is 0 Å². The third kappa shape index (κ3) is 3.74. The van der Waals surface area contributed by atoms with E-state index in [0.29, 0.717) is 11.8 Å². The van der Waals surface area contributed by atoms with Gasteiger partial charge in [-0.3, -0.25) is 0 Å². The Morgan fingerprint density at radius 2 is 1.76 bits per heavy atom. The van der Waals surface area contributed by atoms with Crippen LogP contribution in [0.5, 0.6) is 5.75 Å². The molecular formula is C15H23BrO. The van der Waals surface area contributed by atoms with Gasteiger partial charge in [-0.05, 0) is 51.4 Å². The minimum absolute atomic E-state index is 0.483. The molecule has 0 amide bonds. The minimum atomic E-state index is 0.483. The van der Waals surface area contributed by atoms with Crippen molar-refractivity contribution in [1.29, 1.82) is 0 Å². The molecule has 0 saturated heterocycles. The molecule has 0 N–H and O–H groups in total. The summed E-state index contributed by atoms with van der Waals surface area (Å²) in [5, 5.41) is 0. The van der Waals surface area contributed by atoms with E-state index in [2.05, 4.69) is 62.7 Å². The van der Waals surface area contributed by atoms with Gasteiger partial charge in [-0.25, -0.2) is 0 Å². The second kappa shape index (κ2) is 6.44. The maximum atomic E-state index is 5.87. The molecule has 1 aromatic rings. The summed E-state index contributed by atoms with van der Waals surface area (Å²) in [6.07, 6.45) is 1.04. The molecule has 0 unspecified atom stereocenters. The first-order chi connectivity index (χ1) is 7.97. The maximum Gasteiger partial charge on any atom is 0.136 e. The van der Waals surface area contributed by atoms with Crippen molar-refractivity contribution < 1.29 is 4.74 Å². The molecule has 0 aliphatic heterocycles. The highest BCUT2D eigenvalue weighted by molar-refractivity contribution is 9.10. The number of benzene rings is 1. The summed E-state index contributed by atoms with van der Waals surface area (Å²) in [5.41, 5.74) is 2.67. The maximum absolute atomic E-state index is 5.87. The molecule has 1 nitrogen and oxygen atoms in total. The molecule has 1 aromatic carbocycles. The zero-order valence-electron chi connectivity index (χ0n) is 11.5. The largest absolute Gasteiger partial charge is 0.492 e. The molecule has 0 atom stereocenters. The number of rotatable bonds is 5. The standard InChI is InChI=1S/C15H23BrO/c1-6-7-17-15-13(11(4)5)8-12(10(2)3)9-14(15)16/h8-11H,6-7H2,1-5H3. The minimum Gasteiger partial charge on any atom is -0.492 e. The predicted molar refractivity (Wildman–Crippen MR) is 78.1 cm³/mol. The lowest BCUT2D eigenvalue weighted by Gasteiger charge is -2.18. The molecule has 0 saturated carbocycles. The Morgan fingerprint density at radius 3 is 2.24 bits per heavy atom. The van der Waals surface area contributed by atoms with Crippen LogP contribution >= 0.6 is 15.9 Å². The molecule has 17 heavy (non-hydrogen) atoms. The first kappa shape index (κ1) is 14.6. The highest BCUT2D eigenvalue weighted by Crippen LogP contribution is 2.37. The fraction of sp³-hybridized carbons (Fsp3) is 0.600. The summed E-state index contributed by atoms with van der Waals surface area (Å²) in [6.45, 7) is 11.8. The molecule has 0 aliphatic rings. The lowest BCUT2D eigenvalue weighted by molar-refractivity contribution is 0.311. The third-order valence-corrected chi connectivity index (χ3v) is 3.42. The van der Waals surface area contributed by atoms with Gasteiger partial charge in [0.25, 0.3) is 0 Å². The van der Waals surface area contributed by atoms with E-state index < -0.39 is 0 Å². The second-order valence-corrected chi connectivity index (χ2v) is 5.93. The van der Waals surface area contributed by atoms with Gasteiger partial charge < -0.3 is 4.74 Å². The van der Waals surface area contributed by atoms with Gasteiger partial charge in [-0.1, -0.05) is 40.7 Å². The van der Waals surface area contributed by atoms with Crippen molar-refractivity contribution in [2.45, 2.75) is 52.9 Å². The van der Waals surface area contributed by atoms with E-state index in [1.807, 2.05) is 0 Å². The number of hydrogen-bond acceptors (Lipinski definition) is 1. The molecule has 2 heteroatoms. The summed E-state index contributed by atoms with van der Waals surface area (Å²) in [4.78, 5) is 0. The van der Waals surface area contributed by atoms with Gasteiger partial charge in [0.05, 0.1) is 11.1 Å². The van der Waals surface area contributed by atoms with Crippen LogP contribution in [0.25, 0.3) is 0 Å². The summed E-state index contributed by atoms with van der Waals surface area (Å²) in [6, 6.07) is 4.46. The van der Waals surface area contributed by atoms with Gasteiger partial charge in [0.1, 0.15) is 5.75 Å². The van der Waals surface area contributed by atoms with Crippen LogP contribution in [-0.4, -0.2) is 6.61 Å². The molecule has 0 bridgehead atoms. The van der Waals surface area contributed by atoms with Crippen molar-refractivity contribution in [2.24, 2.45) is 0 Å². The molecule has 1 rings (SSSR count). The fourth-order valence-corrected chi connectivity index (χ4v) is 2.36. The van der Waals surface area contributed by atoms with Crippen molar-refractivity contribution in [1.82, 2.24) is 0 Å². The topological polar surface area (TPSA) is 9.23 Å². The lowest BCUT2D eigenvalue weighted by atomic mass is 9.95. The first-order valence-corrected chi connectivity index (χ1v) is 7.22. The van der Waals surface area contributed by atoms with Crippen LogP contribution in [0.2, 0.25) is 0 Å². The smallest absolute Gasteiger partial charge is 0.136 e. The Bertz CT molecular complexity index is 369. The van der Waals surface area contributed by atoms with E-state index in [9.17, 15) is 0 Å². The van der Waals surface area contributed by atoms with Crippen LogP contribution in [0, 0.1) is 0 Å². The predicted octanol–water partition coefficient (Wildman–Crippen LogP) is 5.48. The van der Waals surface area contributed by atoms with Crippen molar-refractivity contribution in [3.63, 3.8) is 0 Å². The van der Waals surface area contributed by atoms with Crippen LogP contribution < -0.4 is 4.74 Å². The molecule has 0 aromatic heterocycles. The average molecular weight is 299 g/mol. The normalized spacial score (nSPS) is 11.3. The zero-order valence-corrected chi connectivity index (χ0v) is 13.1. The summed E-state index contributed by atoms with van der Waals surface area (Å²) < 4.78 is 6.95. The van der Waals surface area contributed by atoms with Gasteiger partial charge in [-0.2, -0.15) is 0 Å². The van der Waals surface area contributed by atoms with Crippen LogP contribution in [0.1, 0.15) is 64.0 Å². The van der Waals surface area contributed by atoms with Gasteiger partial charge in [0.2, 0.25) is 0 Å². The molecular weight excluding hydrogens is 276 g/mol. The van der Waals surface area contributed by atoms with E-state index in [0.717, 1.165) is 23.2 Å². The SMILES string of the molecule is CCCOc1c(Br)cc(C(C)C)cc1C(C)C. The fourth-order valence-electron chi connectivity index (χ4n) is 1.76. The van der Waals surface area contributed by atoms with Crippen LogP contribution in [-0.2, 0) is 0 Å². The Kier molecular flexibility index (Phi) is 5.51. The molecule has 0 heterocycles. The van der Waals surface area contributed by atoms with E-state index >= 15 is 0 Å². The van der Waals surface area contributed by atoms with Gasteiger partial charge in [-0.15, -0.1) is 0 Å². The zero-order chi connectivity index (χ0) is 13.0. The van der Waals surface area contributed by atoms with Gasteiger partial charge >= 0.3 is 0 Å². The van der Waals surface area contributed by atoms with Crippen molar-refractivity contribution in [2.75, 3.05) is 6.61 Å². The van der Waals surface area contributed by atoms with E-state index in [1.54, 1.807) is 0 Å². The van der Waals surface area contributed by atoms with Crippen molar-refractivity contribution >= 4 is 15.9 Å². The Labute approximate surface area is 114 Å². The Morgan fingerprint density at radius 1 is 1.12 bits per heavy atom. The second-order valence-electron chi connectivity index (χ2n) is 5.08. The first-order valence-electron chi connectivity index (χ1n) is 6.43. The quantitative estimate of drug-likeness (QED) is 0.699. The molecule has 0 fully saturated rings. The van der Waals surface area contributed by atoms with Crippen molar-refractivity contribution in [3.8, 4) is 5.75 Å². The van der Waals surface area contributed by atoms with Crippen LogP contribution in [0.4, 0.5) is 0 Å². The summed E-state index contributed by atoms with van der Waals surface area (Å²) >= 11 is 3.64.